The monoisotopic (exact) mass is 405 g/mol. The average Bonchev–Trinajstić information content (AvgIpc) is 3.34. The van der Waals surface area contributed by atoms with Crippen molar-refractivity contribution in [3.8, 4) is 11.4 Å². The Balaban J connectivity index is 1.54. The number of pyridine rings is 1. The van der Waals surface area contributed by atoms with E-state index in [-0.39, 0.29) is 5.91 Å². The number of fused-ring (bicyclic) bond motifs is 1. The summed E-state index contributed by atoms with van der Waals surface area (Å²) in [7, 11) is 0. The number of thiophene rings is 1. The molecule has 5 heterocycles. The van der Waals surface area contributed by atoms with E-state index in [1.54, 1.807) is 6.20 Å². The van der Waals surface area contributed by atoms with Crippen LogP contribution in [0.15, 0.2) is 42.0 Å². The van der Waals surface area contributed by atoms with Crippen molar-refractivity contribution in [2.45, 2.75) is 32.2 Å². The van der Waals surface area contributed by atoms with Crippen molar-refractivity contribution in [1.82, 2.24) is 19.9 Å². The second-order valence-electron chi connectivity index (χ2n) is 7.54. The molecule has 1 saturated heterocycles. The Morgan fingerprint density at radius 3 is 2.69 bits per heavy atom. The van der Waals surface area contributed by atoms with Gasteiger partial charge in [-0.05, 0) is 42.8 Å². The minimum absolute atomic E-state index is 0.103. The Hall–Kier alpha value is -2.80. The number of anilines is 1. The number of nitrogens with zero attached hydrogens (tertiary/aromatic N) is 5. The van der Waals surface area contributed by atoms with E-state index < -0.39 is 0 Å². The molecule has 0 N–H and O–H groups in total. The Kier molecular flexibility index (Phi) is 4.97. The Labute approximate surface area is 174 Å². The average molecular weight is 406 g/mol. The number of rotatable bonds is 3. The first-order valence-electron chi connectivity index (χ1n) is 10.2. The van der Waals surface area contributed by atoms with E-state index >= 15 is 0 Å². The topological polar surface area (TPSA) is 62.2 Å². The highest BCUT2D eigenvalue weighted by atomic mass is 32.1. The number of piperidine rings is 1. The zero-order valence-electron chi connectivity index (χ0n) is 16.3. The van der Waals surface area contributed by atoms with E-state index in [2.05, 4.69) is 9.88 Å². The summed E-state index contributed by atoms with van der Waals surface area (Å²) < 4.78 is 0. The van der Waals surface area contributed by atoms with Crippen LogP contribution in [0.1, 0.15) is 40.2 Å². The van der Waals surface area contributed by atoms with Crippen LogP contribution in [-0.4, -0.2) is 45.4 Å². The van der Waals surface area contributed by atoms with Crippen LogP contribution in [0.3, 0.4) is 0 Å². The Morgan fingerprint density at radius 1 is 1.03 bits per heavy atom. The van der Waals surface area contributed by atoms with Crippen molar-refractivity contribution >= 4 is 23.1 Å². The number of amides is 1. The maximum atomic E-state index is 12.9. The summed E-state index contributed by atoms with van der Waals surface area (Å²) in [6.45, 7) is 3.28. The van der Waals surface area contributed by atoms with Crippen molar-refractivity contribution in [2.24, 2.45) is 0 Å². The fraction of sp³-hybridized carbons (Fsp3) is 0.364. The molecule has 1 fully saturated rings. The van der Waals surface area contributed by atoms with Crippen LogP contribution in [0.5, 0.6) is 0 Å². The smallest absolute Gasteiger partial charge is 0.264 e. The molecule has 0 bridgehead atoms. The van der Waals surface area contributed by atoms with Gasteiger partial charge in [-0.25, -0.2) is 9.97 Å². The van der Waals surface area contributed by atoms with E-state index in [0.29, 0.717) is 13.1 Å². The van der Waals surface area contributed by atoms with E-state index in [4.69, 9.17) is 9.97 Å². The maximum absolute atomic E-state index is 12.9. The SMILES string of the molecule is O=C(c1cccs1)N1CCc2nc(-c3cccnc3)nc(N3CCCCC3)c2C1. The van der Waals surface area contributed by atoms with Crippen LogP contribution < -0.4 is 4.90 Å². The number of hydrogen-bond acceptors (Lipinski definition) is 6. The summed E-state index contributed by atoms with van der Waals surface area (Å²) in [5.41, 5.74) is 3.11. The maximum Gasteiger partial charge on any atom is 0.264 e. The summed E-state index contributed by atoms with van der Waals surface area (Å²) in [6, 6.07) is 7.75. The zero-order chi connectivity index (χ0) is 19.6. The number of carbonyl (C=O) groups excluding carboxylic acids is 1. The van der Waals surface area contributed by atoms with Crippen molar-refractivity contribution in [1.29, 1.82) is 0 Å². The first kappa shape index (κ1) is 18.2. The van der Waals surface area contributed by atoms with Gasteiger partial charge in [0.25, 0.3) is 5.91 Å². The standard InChI is InChI=1S/C22H23N5OS/c28-22(19-7-5-13-29-19)27-12-8-18-17(15-27)21(26-10-2-1-3-11-26)25-20(24-18)16-6-4-9-23-14-16/h4-7,9,13-14H,1-3,8,10-12,15H2. The Bertz CT molecular complexity index is 1000. The summed E-state index contributed by atoms with van der Waals surface area (Å²) in [6.07, 6.45) is 7.96. The molecule has 0 aromatic carbocycles. The van der Waals surface area contributed by atoms with Gasteiger partial charge in [-0.2, -0.15) is 0 Å². The fourth-order valence-corrected chi connectivity index (χ4v) is 4.81. The molecule has 0 saturated carbocycles. The number of carbonyl (C=O) groups is 1. The van der Waals surface area contributed by atoms with Gasteiger partial charge in [-0.15, -0.1) is 11.3 Å². The largest absolute Gasteiger partial charge is 0.356 e. The van der Waals surface area contributed by atoms with E-state index in [1.165, 1.54) is 30.6 Å². The van der Waals surface area contributed by atoms with Crippen LogP contribution in [0, 0.1) is 0 Å². The summed E-state index contributed by atoms with van der Waals surface area (Å²) in [5, 5.41) is 1.95. The molecule has 7 heteroatoms. The predicted molar refractivity (Wildman–Crippen MR) is 114 cm³/mol. The van der Waals surface area contributed by atoms with Crippen LogP contribution in [-0.2, 0) is 13.0 Å². The van der Waals surface area contributed by atoms with Crippen molar-refractivity contribution < 1.29 is 4.79 Å². The van der Waals surface area contributed by atoms with E-state index in [1.807, 2.05) is 40.7 Å². The molecule has 1 amide bonds. The van der Waals surface area contributed by atoms with Gasteiger partial charge in [0, 0.05) is 49.6 Å². The molecule has 2 aliphatic rings. The predicted octanol–water partition coefficient (Wildman–Crippen LogP) is 3.79. The minimum atomic E-state index is 0.103. The molecule has 6 nitrogen and oxygen atoms in total. The fourth-order valence-electron chi connectivity index (χ4n) is 4.12. The molecule has 0 unspecified atom stereocenters. The highest BCUT2D eigenvalue weighted by molar-refractivity contribution is 7.12. The minimum Gasteiger partial charge on any atom is -0.356 e. The summed E-state index contributed by atoms with van der Waals surface area (Å²) >= 11 is 1.50. The molecule has 0 radical (unpaired) electrons. The lowest BCUT2D eigenvalue weighted by atomic mass is 10.0. The van der Waals surface area contributed by atoms with Crippen molar-refractivity contribution in [3.63, 3.8) is 0 Å². The second kappa shape index (κ2) is 7.91. The molecule has 0 atom stereocenters. The molecule has 2 aliphatic heterocycles. The Morgan fingerprint density at radius 2 is 1.93 bits per heavy atom. The quantitative estimate of drug-likeness (QED) is 0.663. The van der Waals surface area contributed by atoms with Crippen LogP contribution in [0.25, 0.3) is 11.4 Å². The molecule has 5 rings (SSSR count). The lowest BCUT2D eigenvalue weighted by Gasteiger charge is -2.34. The van der Waals surface area contributed by atoms with E-state index in [9.17, 15) is 4.79 Å². The molecule has 29 heavy (non-hydrogen) atoms. The van der Waals surface area contributed by atoms with Crippen LogP contribution in [0.4, 0.5) is 5.82 Å². The highest BCUT2D eigenvalue weighted by Crippen LogP contribution is 2.31. The van der Waals surface area contributed by atoms with Gasteiger partial charge in [0.1, 0.15) is 5.82 Å². The van der Waals surface area contributed by atoms with Crippen LogP contribution in [0.2, 0.25) is 0 Å². The lowest BCUT2D eigenvalue weighted by Crippen LogP contribution is -2.39. The van der Waals surface area contributed by atoms with Crippen molar-refractivity contribution in [3.05, 3.63) is 58.2 Å². The van der Waals surface area contributed by atoms with E-state index in [0.717, 1.165) is 52.9 Å². The van der Waals surface area contributed by atoms with Gasteiger partial charge in [0.2, 0.25) is 0 Å². The van der Waals surface area contributed by atoms with Gasteiger partial charge in [-0.3, -0.25) is 9.78 Å². The third-order valence-corrected chi connectivity index (χ3v) is 6.49. The summed E-state index contributed by atoms with van der Waals surface area (Å²) in [5.74, 6) is 1.83. The molecule has 148 valence electrons. The van der Waals surface area contributed by atoms with Crippen LogP contribution >= 0.6 is 11.3 Å². The molecular formula is C22H23N5OS. The number of hydrogen-bond donors (Lipinski definition) is 0. The third-order valence-electron chi connectivity index (χ3n) is 5.63. The lowest BCUT2D eigenvalue weighted by molar-refractivity contribution is 0.0738. The zero-order valence-corrected chi connectivity index (χ0v) is 17.1. The van der Waals surface area contributed by atoms with Gasteiger partial charge in [0.05, 0.1) is 17.1 Å². The first-order chi connectivity index (χ1) is 14.3. The molecule has 3 aromatic heterocycles. The second-order valence-corrected chi connectivity index (χ2v) is 8.49. The first-order valence-corrected chi connectivity index (χ1v) is 11.1. The third kappa shape index (κ3) is 3.62. The molecule has 0 aliphatic carbocycles. The van der Waals surface area contributed by atoms with Gasteiger partial charge < -0.3 is 9.80 Å². The van der Waals surface area contributed by atoms with Gasteiger partial charge >= 0.3 is 0 Å². The molecule has 0 spiro atoms. The van der Waals surface area contributed by atoms with Gasteiger partial charge in [0.15, 0.2) is 5.82 Å². The van der Waals surface area contributed by atoms with Crippen molar-refractivity contribution in [2.75, 3.05) is 24.5 Å². The number of aromatic nitrogens is 3. The normalized spacial score (nSPS) is 16.6. The van der Waals surface area contributed by atoms with Gasteiger partial charge in [-0.1, -0.05) is 6.07 Å². The highest BCUT2D eigenvalue weighted by Gasteiger charge is 2.29. The summed E-state index contributed by atoms with van der Waals surface area (Å²) in [4.78, 5) is 32.1. The molecule has 3 aromatic rings. The molecular weight excluding hydrogens is 382 g/mol.